The molecule has 11 nitrogen and oxygen atoms in total. The molecule has 0 aliphatic heterocycles. The first-order valence-electron chi connectivity index (χ1n) is 11.2. The van der Waals surface area contributed by atoms with E-state index in [9.17, 15) is 28.1 Å². The zero-order valence-electron chi connectivity index (χ0n) is 21.2. The second kappa shape index (κ2) is 11.6. The number of carbonyl (C=O) groups excluding carboxylic acids is 2. The van der Waals surface area contributed by atoms with Crippen molar-refractivity contribution in [2.45, 2.75) is 38.2 Å². The van der Waals surface area contributed by atoms with Crippen LogP contribution in [0.4, 0.5) is 27.5 Å². The average Bonchev–Trinajstić information content (AvgIpc) is 2.79. The Bertz CT molecular complexity index is 1570. The Labute approximate surface area is 238 Å². The first-order chi connectivity index (χ1) is 18.1. The van der Waals surface area contributed by atoms with Crippen molar-refractivity contribution >= 4 is 72.3 Å². The zero-order chi connectivity index (χ0) is 29.1. The first kappa shape index (κ1) is 29.9. The number of nitro benzene ring substituents is 1. The second-order valence-corrected chi connectivity index (χ2v) is 12.2. The van der Waals surface area contributed by atoms with Gasteiger partial charge >= 0.3 is 6.09 Å². The number of aryl methyl sites for hydroxylation is 1. The molecule has 39 heavy (non-hydrogen) atoms. The fourth-order valence-corrected chi connectivity index (χ4v) is 5.39. The highest BCUT2D eigenvalue weighted by Gasteiger charge is 2.30. The van der Waals surface area contributed by atoms with Gasteiger partial charge in [0.05, 0.1) is 26.9 Å². The van der Waals surface area contributed by atoms with Gasteiger partial charge in [-0.25, -0.2) is 17.9 Å². The predicted octanol–water partition coefficient (Wildman–Crippen LogP) is 6.53. The third kappa shape index (κ3) is 7.68. The number of anilines is 3. The smallest absolute Gasteiger partial charge is 0.412 e. The summed E-state index contributed by atoms with van der Waals surface area (Å²) in [6.45, 7) is 6.56. The number of benzene rings is 3. The first-order valence-corrected chi connectivity index (χ1v) is 13.9. The lowest BCUT2D eigenvalue weighted by molar-refractivity contribution is -0.387. The molecule has 3 aromatic rings. The number of nitrogens with zero attached hydrogens (tertiary/aromatic N) is 1. The van der Waals surface area contributed by atoms with Crippen LogP contribution in [0.15, 0.2) is 64.0 Å². The lowest BCUT2D eigenvalue weighted by atomic mass is 10.1. The molecule has 3 N–H and O–H groups in total. The van der Waals surface area contributed by atoms with Gasteiger partial charge in [-0.3, -0.25) is 20.2 Å². The Morgan fingerprint density at radius 3 is 2.36 bits per heavy atom. The summed E-state index contributed by atoms with van der Waals surface area (Å²) >= 11 is 9.64. The number of nitrogens with one attached hydrogen (secondary N) is 3. The van der Waals surface area contributed by atoms with Crippen LogP contribution in [-0.2, 0) is 14.8 Å². The lowest BCUT2D eigenvalue weighted by Gasteiger charge is -2.20. The molecule has 0 saturated carbocycles. The van der Waals surface area contributed by atoms with Crippen LogP contribution in [-0.4, -0.2) is 30.9 Å². The van der Waals surface area contributed by atoms with E-state index in [0.717, 1.165) is 6.07 Å². The van der Waals surface area contributed by atoms with Gasteiger partial charge in [0, 0.05) is 16.2 Å². The van der Waals surface area contributed by atoms with E-state index >= 15 is 0 Å². The number of nitro groups is 1. The van der Waals surface area contributed by atoms with Crippen LogP contribution in [0.2, 0.25) is 5.02 Å². The largest absolute Gasteiger partial charge is 0.444 e. The Kier molecular flexibility index (Phi) is 8.88. The Balaban J connectivity index is 1.88. The van der Waals surface area contributed by atoms with Gasteiger partial charge < -0.3 is 10.1 Å². The summed E-state index contributed by atoms with van der Waals surface area (Å²) in [5, 5.41) is 17.1. The van der Waals surface area contributed by atoms with Crippen molar-refractivity contribution in [3.8, 4) is 0 Å². The van der Waals surface area contributed by atoms with Crippen LogP contribution in [0.25, 0.3) is 0 Å². The number of halogens is 2. The van der Waals surface area contributed by atoms with Gasteiger partial charge in [-0.05, 0) is 69.7 Å². The molecule has 3 aromatic carbocycles. The van der Waals surface area contributed by atoms with Crippen LogP contribution in [0.1, 0.15) is 36.7 Å². The van der Waals surface area contributed by atoms with Crippen molar-refractivity contribution in [2.24, 2.45) is 0 Å². The molecule has 0 unspecified atom stereocenters. The third-order valence-corrected chi connectivity index (χ3v) is 7.32. The number of ether oxygens (including phenoxy) is 1. The molecule has 0 bridgehead atoms. The van der Waals surface area contributed by atoms with Gasteiger partial charge in [0.2, 0.25) is 0 Å². The molecule has 0 aliphatic rings. The van der Waals surface area contributed by atoms with Crippen LogP contribution >= 0.6 is 27.5 Å². The molecule has 0 heterocycles. The molecule has 0 fully saturated rings. The number of hydrogen-bond acceptors (Lipinski definition) is 8. The van der Waals surface area contributed by atoms with Crippen LogP contribution in [0, 0.1) is 17.0 Å². The van der Waals surface area contributed by atoms with E-state index in [1.807, 2.05) is 4.72 Å². The van der Waals surface area contributed by atoms with E-state index in [4.69, 9.17) is 16.3 Å². The monoisotopic (exact) mass is 638 g/mol. The van der Waals surface area contributed by atoms with Crippen LogP contribution < -0.4 is 15.4 Å². The third-order valence-electron chi connectivity index (χ3n) is 4.99. The second-order valence-electron chi connectivity index (χ2n) is 9.25. The van der Waals surface area contributed by atoms with Crippen molar-refractivity contribution in [1.29, 1.82) is 0 Å². The SMILES string of the molecule is Cc1cccc([N+](=O)[O-])c1S(=O)(=O)NC(=O)c1ccc(Br)cc1Nc1ccc(NC(=O)OC(C)(C)C)c(Cl)c1. The molecule has 2 amide bonds. The van der Waals surface area contributed by atoms with Gasteiger partial charge in [0.15, 0.2) is 4.90 Å². The predicted molar refractivity (Wildman–Crippen MR) is 151 cm³/mol. The minimum atomic E-state index is -4.60. The Morgan fingerprint density at radius 2 is 1.74 bits per heavy atom. The molecule has 0 radical (unpaired) electrons. The Morgan fingerprint density at radius 1 is 1.05 bits per heavy atom. The van der Waals surface area contributed by atoms with Gasteiger partial charge in [0.25, 0.3) is 21.6 Å². The number of amides is 2. The molecule has 0 atom stereocenters. The van der Waals surface area contributed by atoms with Crippen molar-refractivity contribution in [3.05, 3.63) is 85.3 Å². The van der Waals surface area contributed by atoms with E-state index in [-0.39, 0.29) is 27.5 Å². The highest BCUT2D eigenvalue weighted by atomic mass is 79.9. The molecule has 0 spiro atoms. The molecule has 0 aromatic heterocycles. The summed E-state index contributed by atoms with van der Waals surface area (Å²) in [5.74, 6) is -1.02. The number of rotatable bonds is 7. The maximum Gasteiger partial charge on any atom is 0.412 e. The summed E-state index contributed by atoms with van der Waals surface area (Å²) in [6, 6.07) is 12.8. The zero-order valence-corrected chi connectivity index (χ0v) is 24.3. The Hall–Kier alpha value is -3.68. The van der Waals surface area contributed by atoms with Crippen molar-refractivity contribution in [1.82, 2.24) is 4.72 Å². The standard InChI is InChI=1S/C25H24BrClN4O7S/c1-14-6-5-7-21(31(34)35)22(14)39(36,37)30-23(32)17-10-8-15(26)12-20(17)28-16-9-11-19(18(27)13-16)29-24(33)38-25(2,3)4/h5-13,28H,1-4H3,(H,29,33)(H,30,32). The van der Waals surface area contributed by atoms with Crippen molar-refractivity contribution in [3.63, 3.8) is 0 Å². The minimum Gasteiger partial charge on any atom is -0.444 e. The van der Waals surface area contributed by atoms with Crippen molar-refractivity contribution in [2.75, 3.05) is 10.6 Å². The highest BCUT2D eigenvalue weighted by Crippen LogP contribution is 2.31. The maximum absolute atomic E-state index is 13.1. The van der Waals surface area contributed by atoms with Crippen LogP contribution in [0.3, 0.4) is 0 Å². The highest BCUT2D eigenvalue weighted by molar-refractivity contribution is 9.10. The van der Waals surface area contributed by atoms with Crippen molar-refractivity contribution < 1.29 is 27.7 Å². The summed E-state index contributed by atoms with van der Waals surface area (Å²) in [5.41, 5.74) is -0.403. The van der Waals surface area contributed by atoms with Gasteiger partial charge in [-0.1, -0.05) is 39.7 Å². The summed E-state index contributed by atoms with van der Waals surface area (Å²) < 4.78 is 33.8. The summed E-state index contributed by atoms with van der Waals surface area (Å²) in [6.07, 6.45) is -0.689. The van der Waals surface area contributed by atoms with Gasteiger partial charge in [-0.15, -0.1) is 0 Å². The molecular formula is C25H24BrClN4O7S. The van der Waals surface area contributed by atoms with Gasteiger partial charge in [-0.2, -0.15) is 0 Å². The molecule has 206 valence electrons. The molecule has 0 aliphatic carbocycles. The average molecular weight is 640 g/mol. The number of carbonyl (C=O) groups is 2. The van der Waals surface area contributed by atoms with Gasteiger partial charge in [0.1, 0.15) is 5.60 Å². The quantitative estimate of drug-likeness (QED) is 0.195. The molecular weight excluding hydrogens is 616 g/mol. The fourth-order valence-electron chi connectivity index (χ4n) is 3.44. The molecule has 14 heteroatoms. The maximum atomic E-state index is 13.1. The topological polar surface area (TPSA) is 157 Å². The summed E-state index contributed by atoms with van der Waals surface area (Å²) in [4.78, 5) is 35.2. The van der Waals surface area contributed by atoms with E-state index in [1.165, 1.54) is 43.3 Å². The van der Waals surface area contributed by atoms with E-state index in [0.29, 0.717) is 10.2 Å². The van der Waals surface area contributed by atoms with Crippen LogP contribution in [0.5, 0.6) is 0 Å². The lowest BCUT2D eigenvalue weighted by Crippen LogP contribution is -2.32. The fraction of sp³-hybridized carbons (Fsp3) is 0.200. The van der Waals surface area contributed by atoms with E-state index in [2.05, 4.69) is 26.6 Å². The normalized spacial score (nSPS) is 11.4. The summed E-state index contributed by atoms with van der Waals surface area (Å²) in [7, 11) is -4.60. The molecule has 3 rings (SSSR count). The van der Waals surface area contributed by atoms with E-state index < -0.39 is 43.1 Å². The minimum absolute atomic E-state index is 0.0647. The number of sulfonamides is 1. The van der Waals surface area contributed by atoms with E-state index in [1.54, 1.807) is 32.9 Å². The molecule has 0 saturated heterocycles. The number of hydrogen-bond donors (Lipinski definition) is 3.